The summed E-state index contributed by atoms with van der Waals surface area (Å²) in [6.07, 6.45) is -1.35. The van der Waals surface area contributed by atoms with E-state index < -0.39 is 26.6 Å². The van der Waals surface area contributed by atoms with Gasteiger partial charge in [-0.3, -0.25) is 9.59 Å². The van der Waals surface area contributed by atoms with Crippen LogP contribution in [0.2, 0.25) is 5.02 Å². The third kappa shape index (κ3) is 5.89. The van der Waals surface area contributed by atoms with Crippen molar-refractivity contribution in [2.75, 3.05) is 0 Å². The second-order valence-corrected chi connectivity index (χ2v) is 7.61. The predicted molar refractivity (Wildman–Crippen MR) is 86.6 cm³/mol. The molecule has 1 rings (SSSR count). The number of nitrogens with one attached hydrogen (secondary N) is 2. The van der Waals surface area contributed by atoms with Gasteiger partial charge in [0.05, 0.1) is 10.6 Å². The monoisotopic (exact) mass is 410 g/mol. The lowest BCUT2D eigenvalue weighted by Crippen LogP contribution is -2.56. The number of carbonyl (C=O) groups excluding carboxylic acids is 2. The normalized spacial score (nSPS) is 12.9. The van der Waals surface area contributed by atoms with Gasteiger partial charge in [-0.2, -0.15) is 0 Å². The molecule has 0 aliphatic heterocycles. The van der Waals surface area contributed by atoms with Crippen LogP contribution in [-0.2, 0) is 4.79 Å². The van der Waals surface area contributed by atoms with Gasteiger partial charge in [-0.05, 0) is 12.1 Å². The Hall–Kier alpha value is -0.100. The lowest BCUT2D eigenvalue weighted by Gasteiger charge is -2.26. The largest absolute Gasteiger partial charge is 0.330 e. The molecule has 0 aliphatic carbocycles. The highest BCUT2D eigenvalue weighted by atomic mass is 35.6. The van der Waals surface area contributed by atoms with E-state index in [1.165, 1.54) is 12.1 Å². The molecule has 1 aromatic rings. The highest BCUT2D eigenvalue weighted by molar-refractivity contribution is 6.68. The fourth-order valence-electron chi connectivity index (χ4n) is 1.26. The van der Waals surface area contributed by atoms with E-state index in [9.17, 15) is 9.59 Å². The summed E-state index contributed by atoms with van der Waals surface area (Å²) in [6, 6.07) is 6.25. The molecule has 116 valence electrons. The second-order valence-electron chi connectivity index (χ2n) is 3.74. The van der Waals surface area contributed by atoms with E-state index in [0.717, 1.165) is 0 Å². The quantitative estimate of drug-likeness (QED) is 0.585. The Morgan fingerprint density at radius 3 is 2.10 bits per heavy atom. The van der Waals surface area contributed by atoms with Crippen LogP contribution in [0.3, 0.4) is 0 Å². The summed E-state index contributed by atoms with van der Waals surface area (Å²) >= 11 is 33.8. The van der Waals surface area contributed by atoms with E-state index in [0.29, 0.717) is 0 Å². The van der Waals surface area contributed by atoms with Gasteiger partial charge >= 0.3 is 0 Å². The van der Waals surface area contributed by atoms with Crippen LogP contribution in [-0.4, -0.2) is 26.6 Å². The molecule has 2 amide bonds. The van der Waals surface area contributed by atoms with Crippen molar-refractivity contribution in [1.82, 2.24) is 10.6 Å². The zero-order valence-corrected chi connectivity index (χ0v) is 14.6. The minimum Gasteiger partial charge on any atom is -0.330 e. The first kappa shape index (κ1) is 18.9. The average Bonchev–Trinajstić information content (AvgIpc) is 2.36. The fraction of sp³-hybridized carbons (Fsp3) is 0.273. The molecule has 10 heteroatoms. The number of hydrogen-bond acceptors (Lipinski definition) is 2. The molecule has 1 aromatic carbocycles. The number of alkyl halides is 5. The van der Waals surface area contributed by atoms with Crippen LogP contribution < -0.4 is 10.6 Å². The van der Waals surface area contributed by atoms with Gasteiger partial charge in [0.2, 0.25) is 3.79 Å². The molecule has 1 unspecified atom stereocenters. The number of amides is 2. The summed E-state index contributed by atoms with van der Waals surface area (Å²) in [6.45, 7) is 0. The van der Waals surface area contributed by atoms with Crippen LogP contribution in [0.4, 0.5) is 0 Å². The lowest BCUT2D eigenvalue weighted by atomic mass is 10.2. The minimum absolute atomic E-state index is 0.154. The van der Waals surface area contributed by atoms with Crippen LogP contribution >= 0.6 is 69.6 Å². The van der Waals surface area contributed by atoms with Gasteiger partial charge in [0.25, 0.3) is 11.8 Å². The maximum Gasteiger partial charge on any atom is 0.255 e. The highest BCUT2D eigenvalue weighted by Gasteiger charge is 2.36. The summed E-state index contributed by atoms with van der Waals surface area (Å²) < 4.78 is -2.02. The van der Waals surface area contributed by atoms with Gasteiger partial charge in [-0.15, -0.1) is 0 Å². The molecule has 1 atom stereocenters. The van der Waals surface area contributed by atoms with E-state index in [-0.39, 0.29) is 10.6 Å². The number of rotatable bonds is 4. The van der Waals surface area contributed by atoms with Crippen molar-refractivity contribution in [1.29, 1.82) is 0 Å². The summed E-state index contributed by atoms with van der Waals surface area (Å²) in [5.41, 5.74) is 0.154. The van der Waals surface area contributed by atoms with Gasteiger partial charge in [-0.25, -0.2) is 0 Å². The first-order valence-electron chi connectivity index (χ1n) is 5.33. The van der Waals surface area contributed by atoms with Crippen molar-refractivity contribution >= 4 is 81.4 Å². The third-order valence-electron chi connectivity index (χ3n) is 2.21. The Kier molecular flexibility index (Phi) is 7.17. The smallest absolute Gasteiger partial charge is 0.255 e. The van der Waals surface area contributed by atoms with Gasteiger partial charge < -0.3 is 10.6 Å². The molecular weight excluding hydrogens is 405 g/mol. The average molecular weight is 413 g/mol. The number of hydrogen-bond donors (Lipinski definition) is 2. The third-order valence-corrected chi connectivity index (χ3v) is 3.59. The predicted octanol–water partition coefficient (Wildman–Crippen LogP) is 3.69. The van der Waals surface area contributed by atoms with Gasteiger partial charge in [0.1, 0.15) is 6.17 Å². The molecule has 0 bridgehead atoms. The maximum absolute atomic E-state index is 12.1. The van der Waals surface area contributed by atoms with Crippen molar-refractivity contribution in [3.05, 3.63) is 34.9 Å². The lowest BCUT2D eigenvalue weighted by molar-refractivity contribution is -0.120. The van der Waals surface area contributed by atoms with Crippen molar-refractivity contribution < 1.29 is 9.59 Å². The highest BCUT2D eigenvalue weighted by Crippen LogP contribution is 2.29. The molecule has 0 saturated carbocycles. The van der Waals surface area contributed by atoms with Crippen LogP contribution in [0.25, 0.3) is 0 Å². The standard InChI is InChI=1S/C11H8Cl6N2O2/c12-6-4-2-1-3-5(6)8(20)18-10(11(15,16)17)19-9(21)7(13)14/h1-4,7,10H,(H,18,20)(H,19,21). The van der Waals surface area contributed by atoms with Crippen LogP contribution in [0.15, 0.2) is 24.3 Å². The molecule has 0 aliphatic rings. The van der Waals surface area contributed by atoms with Gasteiger partial charge in [-0.1, -0.05) is 81.7 Å². The molecule has 0 fully saturated rings. The van der Waals surface area contributed by atoms with Gasteiger partial charge in [0.15, 0.2) is 4.84 Å². The zero-order valence-electron chi connectivity index (χ0n) is 10.0. The van der Waals surface area contributed by atoms with E-state index >= 15 is 0 Å². The number of halogens is 6. The van der Waals surface area contributed by atoms with Crippen molar-refractivity contribution in [2.24, 2.45) is 0 Å². The molecule has 21 heavy (non-hydrogen) atoms. The van der Waals surface area contributed by atoms with Crippen molar-refractivity contribution in [2.45, 2.75) is 14.8 Å². The Morgan fingerprint density at radius 2 is 1.62 bits per heavy atom. The first-order valence-corrected chi connectivity index (χ1v) is 7.72. The zero-order chi connectivity index (χ0) is 16.2. The topological polar surface area (TPSA) is 58.2 Å². The van der Waals surface area contributed by atoms with E-state index in [4.69, 9.17) is 69.6 Å². The molecule has 0 saturated heterocycles. The summed E-state index contributed by atoms with van der Waals surface area (Å²) in [5.74, 6) is -1.47. The van der Waals surface area contributed by atoms with E-state index in [1.54, 1.807) is 12.1 Å². The number of benzene rings is 1. The van der Waals surface area contributed by atoms with Crippen molar-refractivity contribution in [3.8, 4) is 0 Å². The van der Waals surface area contributed by atoms with Crippen LogP contribution in [0.5, 0.6) is 0 Å². The first-order chi connectivity index (χ1) is 9.62. The van der Waals surface area contributed by atoms with Gasteiger partial charge in [0, 0.05) is 0 Å². The number of carbonyl (C=O) groups is 2. The SMILES string of the molecule is O=C(NC(NC(=O)C(Cl)Cl)C(Cl)(Cl)Cl)c1ccccc1Cl. The molecular formula is C11H8Cl6N2O2. The summed E-state index contributed by atoms with van der Waals surface area (Å²) in [5, 5.41) is 4.74. The van der Waals surface area contributed by atoms with E-state index in [1.807, 2.05) is 0 Å². The Balaban J connectivity index is 2.90. The summed E-state index contributed by atoms with van der Waals surface area (Å²) in [4.78, 5) is 22.2. The molecule has 0 aromatic heterocycles. The summed E-state index contributed by atoms with van der Waals surface area (Å²) in [7, 11) is 0. The molecule has 0 radical (unpaired) electrons. The van der Waals surface area contributed by atoms with E-state index in [2.05, 4.69) is 10.6 Å². The Labute approximate surface area is 150 Å². The molecule has 2 N–H and O–H groups in total. The molecule has 0 spiro atoms. The van der Waals surface area contributed by atoms with Crippen molar-refractivity contribution in [3.63, 3.8) is 0 Å². The van der Waals surface area contributed by atoms with Crippen LogP contribution in [0, 0.1) is 0 Å². The Morgan fingerprint density at radius 1 is 1.05 bits per heavy atom. The molecule has 4 nitrogen and oxygen atoms in total. The Bertz CT molecular complexity index is 532. The molecule has 0 heterocycles. The van der Waals surface area contributed by atoms with Crippen LogP contribution in [0.1, 0.15) is 10.4 Å². The fourth-order valence-corrected chi connectivity index (χ4v) is 1.93. The second kappa shape index (κ2) is 7.95. The minimum atomic E-state index is -2.02. The maximum atomic E-state index is 12.1.